The van der Waals surface area contributed by atoms with Crippen LogP contribution in [0.1, 0.15) is 20.7 Å². The molecule has 0 saturated carbocycles. The van der Waals surface area contributed by atoms with Gasteiger partial charge in [0.1, 0.15) is 0 Å². The topological polar surface area (TPSA) is 58.2 Å². The maximum Gasteiger partial charge on any atom is 0.255 e. The van der Waals surface area contributed by atoms with E-state index in [9.17, 15) is 9.59 Å². The average Bonchev–Trinajstić information content (AvgIpc) is 2.63. The summed E-state index contributed by atoms with van der Waals surface area (Å²) in [6.45, 7) is 0. The monoisotopic (exact) mass is 384 g/mol. The van der Waals surface area contributed by atoms with Crippen LogP contribution in [0.2, 0.25) is 10.0 Å². The van der Waals surface area contributed by atoms with E-state index < -0.39 is 0 Å². The first-order chi connectivity index (χ1) is 12.5. The lowest BCUT2D eigenvalue weighted by Crippen LogP contribution is -2.13. The van der Waals surface area contributed by atoms with E-state index in [0.717, 1.165) is 0 Å². The van der Waals surface area contributed by atoms with E-state index in [1.807, 2.05) is 0 Å². The highest BCUT2D eigenvalue weighted by molar-refractivity contribution is 6.31. The molecule has 6 heteroatoms. The van der Waals surface area contributed by atoms with Gasteiger partial charge >= 0.3 is 0 Å². The number of carbonyl (C=O) groups excluding carboxylic acids is 2. The van der Waals surface area contributed by atoms with Crippen molar-refractivity contribution in [2.75, 3.05) is 10.6 Å². The third kappa shape index (κ3) is 4.63. The normalized spacial score (nSPS) is 10.2. The molecule has 130 valence electrons. The number of nitrogens with one attached hydrogen (secondary N) is 2. The first kappa shape index (κ1) is 18.0. The number of amides is 2. The summed E-state index contributed by atoms with van der Waals surface area (Å²) in [5, 5.41) is 6.55. The summed E-state index contributed by atoms with van der Waals surface area (Å²) in [5.74, 6) is -0.522. The molecule has 26 heavy (non-hydrogen) atoms. The summed E-state index contributed by atoms with van der Waals surface area (Å²) in [6, 6.07) is 20.2. The van der Waals surface area contributed by atoms with Gasteiger partial charge in [-0.15, -0.1) is 0 Å². The standard InChI is InChI=1S/C20H14Cl2N2O2/c21-15-5-1-3-13(11-15)19(25)23-17-7-9-18(10-8-17)24-20(26)14-4-2-6-16(22)12-14/h1-12H,(H,23,25)(H,24,26). The molecule has 0 aromatic heterocycles. The van der Waals surface area contributed by atoms with Crippen molar-refractivity contribution in [2.45, 2.75) is 0 Å². The highest BCUT2D eigenvalue weighted by Gasteiger charge is 2.08. The van der Waals surface area contributed by atoms with Crippen molar-refractivity contribution < 1.29 is 9.59 Å². The van der Waals surface area contributed by atoms with Gasteiger partial charge in [0, 0.05) is 32.5 Å². The number of hydrogen-bond acceptors (Lipinski definition) is 2. The molecule has 0 aliphatic heterocycles. The van der Waals surface area contributed by atoms with Gasteiger partial charge in [0.15, 0.2) is 0 Å². The van der Waals surface area contributed by atoms with Gasteiger partial charge in [0.05, 0.1) is 0 Å². The van der Waals surface area contributed by atoms with Gasteiger partial charge in [-0.25, -0.2) is 0 Å². The Morgan fingerprint density at radius 3 is 1.35 bits per heavy atom. The Labute approximate surface area is 160 Å². The van der Waals surface area contributed by atoms with Crippen LogP contribution in [0.5, 0.6) is 0 Å². The first-order valence-corrected chi connectivity index (χ1v) is 8.51. The predicted octanol–water partition coefficient (Wildman–Crippen LogP) is 5.50. The van der Waals surface area contributed by atoms with Crippen molar-refractivity contribution in [1.82, 2.24) is 0 Å². The third-order valence-corrected chi connectivity index (χ3v) is 4.04. The Kier molecular flexibility index (Phi) is 5.56. The van der Waals surface area contributed by atoms with Gasteiger partial charge in [0.2, 0.25) is 0 Å². The SMILES string of the molecule is O=C(Nc1ccc(NC(=O)c2cccc(Cl)c2)cc1)c1cccc(Cl)c1. The highest BCUT2D eigenvalue weighted by atomic mass is 35.5. The number of rotatable bonds is 4. The molecule has 3 aromatic carbocycles. The number of carbonyl (C=O) groups is 2. The highest BCUT2D eigenvalue weighted by Crippen LogP contribution is 2.18. The average molecular weight is 385 g/mol. The Morgan fingerprint density at radius 2 is 1.00 bits per heavy atom. The fraction of sp³-hybridized carbons (Fsp3) is 0. The van der Waals surface area contributed by atoms with Gasteiger partial charge in [-0.3, -0.25) is 9.59 Å². The molecule has 0 unspecified atom stereocenters. The molecule has 0 atom stereocenters. The Bertz CT molecular complexity index is 878. The lowest BCUT2D eigenvalue weighted by molar-refractivity contribution is 0.101. The number of benzene rings is 3. The van der Waals surface area contributed by atoms with E-state index in [1.54, 1.807) is 72.8 Å². The zero-order valence-corrected chi connectivity index (χ0v) is 15.0. The van der Waals surface area contributed by atoms with E-state index in [0.29, 0.717) is 32.5 Å². The number of anilines is 2. The van der Waals surface area contributed by atoms with Gasteiger partial charge in [-0.05, 0) is 60.7 Å². The van der Waals surface area contributed by atoms with Crippen LogP contribution in [0.25, 0.3) is 0 Å². The minimum atomic E-state index is -0.261. The lowest BCUT2D eigenvalue weighted by atomic mass is 10.2. The second-order valence-electron chi connectivity index (χ2n) is 5.51. The van der Waals surface area contributed by atoms with Gasteiger partial charge in [-0.1, -0.05) is 35.3 Å². The van der Waals surface area contributed by atoms with Gasteiger partial charge < -0.3 is 10.6 Å². The van der Waals surface area contributed by atoms with Crippen molar-refractivity contribution in [3.63, 3.8) is 0 Å². The number of halogens is 2. The van der Waals surface area contributed by atoms with Crippen molar-refractivity contribution in [2.24, 2.45) is 0 Å². The van der Waals surface area contributed by atoms with E-state index in [1.165, 1.54) is 0 Å². The molecule has 0 spiro atoms. The van der Waals surface area contributed by atoms with Crippen molar-refractivity contribution in [3.8, 4) is 0 Å². The molecule has 0 heterocycles. The summed E-state index contributed by atoms with van der Waals surface area (Å²) in [5.41, 5.74) is 2.15. The molecule has 0 radical (unpaired) electrons. The molecule has 0 aliphatic rings. The van der Waals surface area contributed by atoms with Gasteiger partial charge in [0.25, 0.3) is 11.8 Å². The predicted molar refractivity (Wildman–Crippen MR) is 105 cm³/mol. The Balaban J connectivity index is 1.65. The van der Waals surface area contributed by atoms with Gasteiger partial charge in [-0.2, -0.15) is 0 Å². The van der Waals surface area contributed by atoms with Crippen LogP contribution >= 0.6 is 23.2 Å². The largest absolute Gasteiger partial charge is 0.322 e. The summed E-state index contributed by atoms with van der Waals surface area (Å²) in [6.07, 6.45) is 0. The molecule has 0 bridgehead atoms. The minimum absolute atomic E-state index is 0.261. The fourth-order valence-electron chi connectivity index (χ4n) is 2.30. The van der Waals surface area contributed by atoms with E-state index in [2.05, 4.69) is 10.6 Å². The Hall–Kier alpha value is -2.82. The molecule has 0 fully saturated rings. The zero-order valence-electron chi connectivity index (χ0n) is 13.5. The van der Waals surface area contributed by atoms with E-state index in [-0.39, 0.29) is 11.8 Å². The first-order valence-electron chi connectivity index (χ1n) is 7.75. The number of hydrogen-bond donors (Lipinski definition) is 2. The molecule has 2 N–H and O–H groups in total. The maximum atomic E-state index is 12.2. The van der Waals surface area contributed by atoms with Crippen LogP contribution in [-0.4, -0.2) is 11.8 Å². The summed E-state index contributed by atoms with van der Waals surface area (Å²) < 4.78 is 0. The lowest BCUT2D eigenvalue weighted by Gasteiger charge is -2.08. The zero-order chi connectivity index (χ0) is 18.5. The van der Waals surface area contributed by atoms with Crippen LogP contribution in [0, 0.1) is 0 Å². The van der Waals surface area contributed by atoms with Crippen LogP contribution in [-0.2, 0) is 0 Å². The van der Waals surface area contributed by atoms with Crippen LogP contribution in [0.3, 0.4) is 0 Å². The molecule has 3 rings (SSSR count). The molecular weight excluding hydrogens is 371 g/mol. The molecule has 0 saturated heterocycles. The minimum Gasteiger partial charge on any atom is -0.322 e. The quantitative estimate of drug-likeness (QED) is 0.623. The van der Waals surface area contributed by atoms with Crippen molar-refractivity contribution in [3.05, 3.63) is 94.0 Å². The summed E-state index contributed by atoms with van der Waals surface area (Å²) >= 11 is 11.8. The van der Waals surface area contributed by atoms with E-state index >= 15 is 0 Å². The molecule has 4 nitrogen and oxygen atoms in total. The fourth-order valence-corrected chi connectivity index (χ4v) is 2.68. The maximum absolute atomic E-state index is 12.2. The molecule has 2 amide bonds. The Morgan fingerprint density at radius 1 is 0.615 bits per heavy atom. The molecule has 0 aliphatic carbocycles. The van der Waals surface area contributed by atoms with Crippen LogP contribution < -0.4 is 10.6 Å². The molecule has 3 aromatic rings. The smallest absolute Gasteiger partial charge is 0.255 e. The van der Waals surface area contributed by atoms with Crippen molar-refractivity contribution in [1.29, 1.82) is 0 Å². The third-order valence-electron chi connectivity index (χ3n) is 3.57. The summed E-state index contributed by atoms with van der Waals surface area (Å²) in [7, 11) is 0. The second-order valence-corrected chi connectivity index (χ2v) is 6.38. The summed E-state index contributed by atoms with van der Waals surface area (Å²) in [4.78, 5) is 24.4. The second kappa shape index (κ2) is 8.04. The van der Waals surface area contributed by atoms with Crippen molar-refractivity contribution >= 4 is 46.4 Å². The van der Waals surface area contributed by atoms with Crippen LogP contribution in [0.4, 0.5) is 11.4 Å². The van der Waals surface area contributed by atoms with Crippen LogP contribution in [0.15, 0.2) is 72.8 Å². The molecular formula is C20H14Cl2N2O2. The van der Waals surface area contributed by atoms with E-state index in [4.69, 9.17) is 23.2 Å².